The van der Waals surface area contributed by atoms with E-state index >= 15 is 0 Å². The lowest BCUT2D eigenvalue weighted by molar-refractivity contribution is -0.119. The number of carbonyl (C=O) groups is 1. The zero-order valence-corrected chi connectivity index (χ0v) is 15.6. The van der Waals surface area contributed by atoms with E-state index in [1.807, 2.05) is 25.1 Å². The number of hydrogen-bond donors (Lipinski definition) is 1. The van der Waals surface area contributed by atoms with Crippen molar-refractivity contribution in [2.24, 2.45) is 4.99 Å². The van der Waals surface area contributed by atoms with E-state index in [4.69, 9.17) is 0 Å². The van der Waals surface area contributed by atoms with Crippen molar-refractivity contribution in [3.63, 3.8) is 0 Å². The van der Waals surface area contributed by atoms with E-state index in [2.05, 4.69) is 10.3 Å². The maximum Gasteiger partial charge on any atom is 0.281 e. The van der Waals surface area contributed by atoms with Crippen LogP contribution >= 0.6 is 0 Å². The second-order valence-corrected chi connectivity index (χ2v) is 8.38. The normalized spacial score (nSPS) is 22.8. The van der Waals surface area contributed by atoms with Gasteiger partial charge in [0.2, 0.25) is 5.91 Å². The maximum atomic E-state index is 12.4. The number of nitrogens with zero attached hydrogens (tertiary/aromatic N) is 4. The minimum Gasteiger partial charge on any atom is -0.354 e. The van der Waals surface area contributed by atoms with Crippen LogP contribution in [0.25, 0.3) is 0 Å². The van der Waals surface area contributed by atoms with Crippen molar-refractivity contribution in [1.29, 1.82) is 0 Å². The number of hydrogen-bond acceptors (Lipinski definition) is 5. The van der Waals surface area contributed by atoms with Gasteiger partial charge in [0, 0.05) is 53.6 Å². The first-order valence-corrected chi connectivity index (χ1v) is 9.14. The molecule has 0 fully saturated rings. The molecule has 1 amide bonds. The molecular weight excluding hydrogens is 330 g/mol. The highest BCUT2D eigenvalue weighted by atomic mass is 32.2. The average Bonchev–Trinajstić information content (AvgIpc) is 2.49. The van der Waals surface area contributed by atoms with Crippen LogP contribution in [0.1, 0.15) is 20.3 Å². The van der Waals surface area contributed by atoms with Crippen molar-refractivity contribution in [1.82, 2.24) is 18.8 Å². The highest BCUT2D eigenvalue weighted by Gasteiger charge is 2.30. The average molecular weight is 355 g/mol. The maximum absolute atomic E-state index is 12.4. The summed E-state index contributed by atoms with van der Waals surface area (Å²) in [6.45, 7) is 4.23. The molecule has 2 aliphatic heterocycles. The van der Waals surface area contributed by atoms with E-state index in [0.717, 1.165) is 16.8 Å². The third-order valence-corrected chi connectivity index (χ3v) is 6.04. The molecule has 2 rings (SSSR count). The molecule has 0 saturated heterocycles. The highest BCUT2D eigenvalue weighted by Crippen LogP contribution is 2.28. The molecule has 24 heavy (non-hydrogen) atoms. The Labute approximate surface area is 143 Å². The lowest BCUT2D eigenvalue weighted by Gasteiger charge is -2.33. The minimum atomic E-state index is -3.45. The molecule has 0 bridgehead atoms. The van der Waals surface area contributed by atoms with Crippen molar-refractivity contribution < 1.29 is 13.2 Å². The number of aliphatic imine (C=N–C) groups is 1. The lowest BCUT2D eigenvalue weighted by atomic mass is 10.00. The zero-order chi connectivity index (χ0) is 18.1. The van der Waals surface area contributed by atoms with Gasteiger partial charge in [-0.1, -0.05) is 5.57 Å². The molecule has 0 aromatic heterocycles. The van der Waals surface area contributed by atoms with Crippen molar-refractivity contribution in [3.8, 4) is 0 Å². The van der Waals surface area contributed by atoms with Crippen LogP contribution in [0.2, 0.25) is 0 Å². The predicted molar refractivity (Wildman–Crippen MR) is 93.4 cm³/mol. The molecule has 134 valence electrons. The van der Waals surface area contributed by atoms with Gasteiger partial charge in [-0.25, -0.2) is 0 Å². The molecule has 2 aliphatic rings. The van der Waals surface area contributed by atoms with Crippen LogP contribution < -0.4 is 5.32 Å². The summed E-state index contributed by atoms with van der Waals surface area (Å²) in [6.07, 6.45) is 3.88. The molecule has 2 heterocycles. The molecule has 0 aromatic rings. The fourth-order valence-electron chi connectivity index (χ4n) is 2.63. The summed E-state index contributed by atoms with van der Waals surface area (Å²) in [7, 11) is 1.46. The monoisotopic (exact) mass is 355 g/mol. The summed E-state index contributed by atoms with van der Waals surface area (Å²) >= 11 is 0. The lowest BCUT2D eigenvalue weighted by Crippen LogP contribution is -2.46. The number of rotatable bonds is 4. The molecule has 0 saturated carbocycles. The number of carbonyl (C=O) groups excluding carboxylic acids is 1. The Hall–Kier alpha value is -1.71. The van der Waals surface area contributed by atoms with E-state index in [1.165, 1.54) is 29.6 Å². The largest absolute Gasteiger partial charge is 0.354 e. The van der Waals surface area contributed by atoms with Gasteiger partial charge in [-0.3, -0.25) is 9.79 Å². The first-order chi connectivity index (χ1) is 11.1. The van der Waals surface area contributed by atoms with Gasteiger partial charge in [0.1, 0.15) is 6.17 Å². The molecule has 0 aromatic carbocycles. The molecule has 1 unspecified atom stereocenters. The first kappa shape index (κ1) is 18.6. The first-order valence-electron chi connectivity index (χ1n) is 7.74. The smallest absolute Gasteiger partial charge is 0.281 e. The standard InChI is InChI=1S/C15H25N5O3S/c1-11-6-7-20(24(22,23)18(3)4)9-13(11)14-10-19(5)15(8-16-14)17-12(2)21/h8,10,15H,6-7,9H2,1-5H3,(H,17,21). The minimum absolute atomic E-state index is 0.133. The second kappa shape index (κ2) is 7.04. The van der Waals surface area contributed by atoms with Crippen LogP contribution in [0.5, 0.6) is 0 Å². The number of nitrogens with one attached hydrogen (secondary N) is 1. The van der Waals surface area contributed by atoms with Gasteiger partial charge in [0.05, 0.1) is 5.70 Å². The fourth-order valence-corrected chi connectivity index (χ4v) is 3.70. The zero-order valence-electron chi connectivity index (χ0n) is 14.8. The van der Waals surface area contributed by atoms with E-state index in [1.54, 1.807) is 6.21 Å². The number of amides is 1. The summed E-state index contributed by atoms with van der Waals surface area (Å²) in [5.74, 6) is -0.133. The molecule has 0 aliphatic carbocycles. The Morgan fingerprint density at radius 1 is 1.42 bits per heavy atom. The van der Waals surface area contributed by atoms with Gasteiger partial charge in [-0.2, -0.15) is 17.0 Å². The van der Waals surface area contributed by atoms with Crippen LogP contribution in [0.4, 0.5) is 0 Å². The summed E-state index contributed by atoms with van der Waals surface area (Å²) < 4.78 is 27.4. The van der Waals surface area contributed by atoms with Gasteiger partial charge >= 0.3 is 0 Å². The Morgan fingerprint density at radius 2 is 2.08 bits per heavy atom. The molecule has 1 atom stereocenters. The molecule has 1 N–H and O–H groups in total. The van der Waals surface area contributed by atoms with Crippen molar-refractivity contribution in [3.05, 3.63) is 23.0 Å². The molecule has 0 radical (unpaired) electrons. The van der Waals surface area contributed by atoms with Crippen molar-refractivity contribution >= 4 is 22.3 Å². The van der Waals surface area contributed by atoms with Crippen molar-refractivity contribution in [2.75, 3.05) is 34.2 Å². The van der Waals surface area contributed by atoms with Gasteiger partial charge in [0.25, 0.3) is 10.2 Å². The third kappa shape index (κ3) is 3.85. The summed E-state index contributed by atoms with van der Waals surface area (Å²) in [5, 5.41) is 2.78. The summed E-state index contributed by atoms with van der Waals surface area (Å²) in [4.78, 5) is 17.5. The van der Waals surface area contributed by atoms with Gasteiger partial charge in [-0.15, -0.1) is 0 Å². The summed E-state index contributed by atoms with van der Waals surface area (Å²) in [6, 6.07) is 0. The third-order valence-electron chi connectivity index (χ3n) is 4.15. The summed E-state index contributed by atoms with van der Waals surface area (Å²) in [5.41, 5.74) is 2.78. The molecule has 9 heteroatoms. The van der Waals surface area contributed by atoms with Crippen LogP contribution in [0.15, 0.2) is 28.0 Å². The van der Waals surface area contributed by atoms with E-state index in [-0.39, 0.29) is 12.1 Å². The Bertz CT molecular complexity index is 709. The second-order valence-electron chi connectivity index (χ2n) is 6.24. The Balaban J connectivity index is 2.22. The molecule has 8 nitrogen and oxygen atoms in total. The van der Waals surface area contributed by atoms with Crippen LogP contribution in [0, 0.1) is 0 Å². The Morgan fingerprint density at radius 3 is 2.62 bits per heavy atom. The van der Waals surface area contributed by atoms with Crippen LogP contribution in [-0.2, 0) is 15.0 Å². The van der Waals surface area contributed by atoms with E-state index < -0.39 is 10.2 Å². The fraction of sp³-hybridized carbons (Fsp3) is 0.600. The van der Waals surface area contributed by atoms with Gasteiger partial charge in [-0.05, 0) is 18.9 Å². The van der Waals surface area contributed by atoms with Crippen LogP contribution in [-0.4, -0.2) is 74.4 Å². The van der Waals surface area contributed by atoms with Gasteiger partial charge < -0.3 is 10.2 Å². The molecular formula is C15H25N5O3S. The van der Waals surface area contributed by atoms with Gasteiger partial charge in [0.15, 0.2) is 0 Å². The van der Waals surface area contributed by atoms with E-state index in [0.29, 0.717) is 19.5 Å². The SMILES string of the molecule is CC(=O)NC1C=NC(C2=C(C)CCN(S(=O)(=O)N(C)C)C2)=CN1C. The quantitative estimate of drug-likeness (QED) is 0.777. The Kier molecular flexibility index (Phi) is 5.46. The topological polar surface area (TPSA) is 85.3 Å². The highest BCUT2D eigenvalue weighted by molar-refractivity contribution is 7.86. The van der Waals surface area contributed by atoms with Crippen molar-refractivity contribution in [2.45, 2.75) is 26.4 Å². The van der Waals surface area contributed by atoms with Crippen LogP contribution in [0.3, 0.4) is 0 Å². The predicted octanol–water partition coefficient (Wildman–Crippen LogP) is 0.135. The molecule has 0 spiro atoms. The van der Waals surface area contributed by atoms with E-state index in [9.17, 15) is 13.2 Å².